The Morgan fingerprint density at radius 3 is 2.94 bits per heavy atom. The summed E-state index contributed by atoms with van der Waals surface area (Å²) in [7, 11) is 0. The highest BCUT2D eigenvalue weighted by atomic mass is 32.1. The fourth-order valence-corrected chi connectivity index (χ4v) is 3.16. The molecule has 3 heterocycles. The lowest BCUT2D eigenvalue weighted by Gasteiger charge is -2.21. The summed E-state index contributed by atoms with van der Waals surface area (Å²) in [5, 5.41) is 17.2. The van der Waals surface area contributed by atoms with Crippen molar-refractivity contribution in [2.24, 2.45) is 5.92 Å². The molecule has 0 amide bonds. The number of nitrogens with one attached hydrogen (secondary N) is 1. The van der Waals surface area contributed by atoms with Crippen LogP contribution >= 0.6 is 11.3 Å². The summed E-state index contributed by atoms with van der Waals surface area (Å²) < 4.78 is 1.85. The highest BCUT2D eigenvalue weighted by molar-refractivity contribution is 7.16. The van der Waals surface area contributed by atoms with Crippen molar-refractivity contribution in [2.45, 2.75) is 26.2 Å². The number of rotatable bonds is 2. The molecule has 5 nitrogen and oxygen atoms in total. The largest absolute Gasteiger partial charge is 0.317 e. The zero-order chi connectivity index (χ0) is 11.0. The van der Waals surface area contributed by atoms with Gasteiger partial charge in [0.2, 0.25) is 4.96 Å². The van der Waals surface area contributed by atoms with Gasteiger partial charge in [0.15, 0.2) is 5.82 Å². The molecule has 86 valence electrons. The van der Waals surface area contributed by atoms with Crippen molar-refractivity contribution >= 4 is 16.3 Å². The predicted octanol–water partition coefficient (Wildman–Crippen LogP) is 1.04. The second-order valence-corrected chi connectivity index (χ2v) is 5.38. The van der Waals surface area contributed by atoms with Gasteiger partial charge >= 0.3 is 0 Å². The molecule has 0 saturated carbocycles. The molecule has 0 aromatic carbocycles. The minimum atomic E-state index is 0.783. The van der Waals surface area contributed by atoms with Crippen LogP contribution in [0.25, 0.3) is 4.96 Å². The van der Waals surface area contributed by atoms with E-state index in [-0.39, 0.29) is 0 Å². The van der Waals surface area contributed by atoms with E-state index in [9.17, 15) is 0 Å². The van der Waals surface area contributed by atoms with E-state index in [1.54, 1.807) is 11.3 Å². The van der Waals surface area contributed by atoms with Crippen molar-refractivity contribution in [2.75, 3.05) is 13.1 Å². The maximum absolute atomic E-state index is 4.56. The molecular weight excluding hydrogens is 222 g/mol. The van der Waals surface area contributed by atoms with Crippen LogP contribution in [0.4, 0.5) is 0 Å². The molecule has 1 fully saturated rings. The third-order valence-electron chi connectivity index (χ3n) is 3.11. The number of piperidine rings is 1. The molecule has 0 atom stereocenters. The smallest absolute Gasteiger partial charge is 0.234 e. The summed E-state index contributed by atoms with van der Waals surface area (Å²) >= 11 is 1.67. The Balaban J connectivity index is 1.78. The van der Waals surface area contributed by atoms with Gasteiger partial charge in [-0.2, -0.15) is 9.61 Å². The number of nitrogens with zero attached hydrogens (tertiary/aromatic N) is 4. The average molecular weight is 237 g/mol. The van der Waals surface area contributed by atoms with Crippen LogP contribution < -0.4 is 5.32 Å². The maximum Gasteiger partial charge on any atom is 0.234 e. The molecule has 1 saturated heterocycles. The second-order valence-electron chi connectivity index (χ2n) is 4.33. The van der Waals surface area contributed by atoms with Crippen molar-refractivity contribution in [3.8, 4) is 0 Å². The van der Waals surface area contributed by atoms with Gasteiger partial charge < -0.3 is 5.32 Å². The van der Waals surface area contributed by atoms with Gasteiger partial charge in [0.1, 0.15) is 5.01 Å². The molecule has 1 aliphatic rings. The molecule has 3 rings (SSSR count). The van der Waals surface area contributed by atoms with Gasteiger partial charge in [0.05, 0.1) is 0 Å². The van der Waals surface area contributed by atoms with Crippen LogP contribution in [0.2, 0.25) is 0 Å². The first-order chi connectivity index (χ1) is 7.83. The van der Waals surface area contributed by atoms with Crippen molar-refractivity contribution in [3.05, 3.63) is 10.8 Å². The summed E-state index contributed by atoms with van der Waals surface area (Å²) in [5.41, 5.74) is 0. The molecule has 0 aliphatic carbocycles. The molecule has 2 aromatic heterocycles. The van der Waals surface area contributed by atoms with Gasteiger partial charge in [-0.3, -0.25) is 0 Å². The average Bonchev–Trinajstić information content (AvgIpc) is 2.83. The van der Waals surface area contributed by atoms with Gasteiger partial charge in [-0.25, -0.2) is 0 Å². The van der Waals surface area contributed by atoms with E-state index in [1.165, 1.54) is 17.8 Å². The van der Waals surface area contributed by atoms with E-state index in [1.807, 2.05) is 11.4 Å². The lowest BCUT2D eigenvalue weighted by Crippen LogP contribution is -2.28. The number of aryl methyl sites for hydroxylation is 1. The first-order valence-corrected chi connectivity index (χ1v) is 6.53. The third kappa shape index (κ3) is 1.82. The Bertz CT molecular complexity index is 482. The zero-order valence-corrected chi connectivity index (χ0v) is 10.1. The van der Waals surface area contributed by atoms with Crippen molar-refractivity contribution in [3.63, 3.8) is 0 Å². The predicted molar refractivity (Wildman–Crippen MR) is 62.7 cm³/mol. The fourth-order valence-electron chi connectivity index (χ4n) is 2.17. The van der Waals surface area contributed by atoms with Gasteiger partial charge in [-0.05, 0) is 38.8 Å². The third-order valence-corrected chi connectivity index (χ3v) is 4.03. The first-order valence-electron chi connectivity index (χ1n) is 5.71. The number of hydrogen-bond donors (Lipinski definition) is 1. The van der Waals surface area contributed by atoms with Crippen LogP contribution in [0.5, 0.6) is 0 Å². The Kier molecular flexibility index (Phi) is 2.61. The monoisotopic (exact) mass is 237 g/mol. The Morgan fingerprint density at radius 2 is 2.19 bits per heavy atom. The standard InChI is InChI=1S/C10H15N5S/c1-7-12-13-10-15(7)14-9(16-10)6-8-2-4-11-5-3-8/h8,11H,2-6H2,1H3. The normalized spacial score (nSPS) is 18.3. The lowest BCUT2D eigenvalue weighted by molar-refractivity contribution is 0.371. The summed E-state index contributed by atoms with van der Waals surface area (Å²) in [5.74, 6) is 1.66. The van der Waals surface area contributed by atoms with E-state index >= 15 is 0 Å². The Morgan fingerprint density at radius 1 is 1.38 bits per heavy atom. The van der Waals surface area contributed by atoms with Crippen molar-refractivity contribution < 1.29 is 0 Å². The van der Waals surface area contributed by atoms with Crippen LogP contribution in [-0.4, -0.2) is 32.9 Å². The summed E-state index contributed by atoms with van der Waals surface area (Å²) in [6.07, 6.45) is 3.62. The minimum absolute atomic E-state index is 0.783. The van der Waals surface area contributed by atoms with Crippen molar-refractivity contribution in [1.82, 2.24) is 25.1 Å². The SMILES string of the molecule is Cc1nnc2sc(CC3CCNCC3)nn12. The minimum Gasteiger partial charge on any atom is -0.317 e. The molecule has 1 N–H and O–H groups in total. The Labute approximate surface area is 97.9 Å². The molecule has 6 heteroatoms. The fraction of sp³-hybridized carbons (Fsp3) is 0.700. The highest BCUT2D eigenvalue weighted by Crippen LogP contribution is 2.21. The quantitative estimate of drug-likeness (QED) is 0.848. The van der Waals surface area contributed by atoms with Gasteiger partial charge in [-0.1, -0.05) is 11.3 Å². The maximum atomic E-state index is 4.56. The van der Waals surface area contributed by atoms with Crippen LogP contribution in [0.1, 0.15) is 23.7 Å². The number of aromatic nitrogens is 4. The van der Waals surface area contributed by atoms with Crippen LogP contribution in [0, 0.1) is 12.8 Å². The van der Waals surface area contributed by atoms with E-state index in [4.69, 9.17) is 0 Å². The summed E-state index contributed by atoms with van der Waals surface area (Å²) in [6.45, 7) is 4.23. The molecule has 0 radical (unpaired) electrons. The van der Waals surface area contributed by atoms with Crippen LogP contribution in [0.15, 0.2) is 0 Å². The molecule has 2 aromatic rings. The zero-order valence-electron chi connectivity index (χ0n) is 9.31. The number of hydrogen-bond acceptors (Lipinski definition) is 5. The van der Waals surface area contributed by atoms with Gasteiger partial charge in [0.25, 0.3) is 0 Å². The molecule has 0 bridgehead atoms. The second kappa shape index (κ2) is 4.10. The Hall–Kier alpha value is -1.01. The number of fused-ring (bicyclic) bond motifs is 1. The van der Waals surface area contributed by atoms with Gasteiger partial charge in [0, 0.05) is 6.42 Å². The molecule has 0 spiro atoms. The van der Waals surface area contributed by atoms with E-state index in [2.05, 4.69) is 20.6 Å². The topological polar surface area (TPSA) is 55.1 Å². The first kappa shape index (κ1) is 10.2. The molecule has 1 aliphatic heterocycles. The van der Waals surface area contributed by atoms with Crippen molar-refractivity contribution in [1.29, 1.82) is 0 Å². The lowest BCUT2D eigenvalue weighted by atomic mass is 9.95. The van der Waals surface area contributed by atoms with E-state index < -0.39 is 0 Å². The summed E-state index contributed by atoms with van der Waals surface area (Å²) in [4.78, 5) is 0.918. The van der Waals surface area contributed by atoms with Gasteiger partial charge in [-0.15, -0.1) is 10.2 Å². The van der Waals surface area contributed by atoms with Crippen LogP contribution in [0.3, 0.4) is 0 Å². The molecule has 16 heavy (non-hydrogen) atoms. The van der Waals surface area contributed by atoms with Crippen LogP contribution in [-0.2, 0) is 6.42 Å². The summed E-state index contributed by atoms with van der Waals surface area (Å²) in [6, 6.07) is 0. The van der Waals surface area contributed by atoms with E-state index in [0.29, 0.717) is 0 Å². The highest BCUT2D eigenvalue weighted by Gasteiger charge is 2.16. The molecule has 0 unspecified atom stereocenters. The van der Waals surface area contributed by atoms with E-state index in [0.717, 1.165) is 36.2 Å². The molecular formula is C10H15N5S.